The van der Waals surface area contributed by atoms with Crippen molar-refractivity contribution in [3.8, 4) is 0 Å². The van der Waals surface area contributed by atoms with E-state index in [2.05, 4.69) is 65.3 Å². The van der Waals surface area contributed by atoms with Crippen molar-refractivity contribution in [1.29, 1.82) is 0 Å². The number of allylic oxidation sites excluding steroid dienone is 1. The van der Waals surface area contributed by atoms with E-state index >= 15 is 0 Å². The zero-order valence-electron chi connectivity index (χ0n) is 15.0. The van der Waals surface area contributed by atoms with Crippen molar-refractivity contribution in [2.45, 2.75) is 38.0 Å². The van der Waals surface area contributed by atoms with Gasteiger partial charge in [-0.3, -0.25) is 0 Å². The Balaban J connectivity index is 1.44. The van der Waals surface area contributed by atoms with Crippen molar-refractivity contribution in [2.75, 3.05) is 24.5 Å². The van der Waals surface area contributed by atoms with Crippen molar-refractivity contribution in [3.63, 3.8) is 0 Å². The maximum Gasteiger partial charge on any atom is 0.0440 e. The summed E-state index contributed by atoms with van der Waals surface area (Å²) in [4.78, 5) is 2.42. The first-order valence-corrected chi connectivity index (χ1v) is 9.64. The quantitative estimate of drug-likeness (QED) is 0.876. The Morgan fingerprint density at radius 1 is 1.04 bits per heavy atom. The Morgan fingerprint density at radius 2 is 1.80 bits per heavy atom. The number of nitrogens with one attached hydrogen (secondary N) is 1. The van der Waals surface area contributed by atoms with Gasteiger partial charge in [-0.15, -0.1) is 0 Å². The summed E-state index contributed by atoms with van der Waals surface area (Å²) in [5.41, 5.74) is 6.88. The number of anilines is 1. The topological polar surface area (TPSA) is 15.3 Å². The highest BCUT2D eigenvalue weighted by Gasteiger charge is 2.19. The number of nitrogens with zero attached hydrogens (tertiary/aromatic N) is 1. The minimum Gasteiger partial charge on any atom is -0.345 e. The van der Waals surface area contributed by atoms with Gasteiger partial charge in [-0.1, -0.05) is 49.0 Å². The van der Waals surface area contributed by atoms with E-state index in [4.69, 9.17) is 0 Å². The summed E-state index contributed by atoms with van der Waals surface area (Å²) in [5.74, 6) is 0.729. The molecule has 1 saturated heterocycles. The summed E-state index contributed by atoms with van der Waals surface area (Å²) in [6.45, 7) is 7.79. The van der Waals surface area contributed by atoms with Crippen molar-refractivity contribution in [2.24, 2.45) is 0 Å². The molecular weight excluding hydrogens is 304 g/mol. The van der Waals surface area contributed by atoms with Crippen LogP contribution in [-0.4, -0.2) is 19.6 Å². The normalized spacial score (nSPS) is 18.0. The molecule has 0 unspecified atom stereocenters. The predicted molar refractivity (Wildman–Crippen MR) is 106 cm³/mol. The molecule has 0 bridgehead atoms. The van der Waals surface area contributed by atoms with Crippen LogP contribution < -0.4 is 10.2 Å². The number of hydrogen-bond donors (Lipinski definition) is 1. The molecule has 2 aromatic carbocycles. The van der Waals surface area contributed by atoms with Gasteiger partial charge in [0.15, 0.2) is 0 Å². The lowest BCUT2D eigenvalue weighted by Gasteiger charge is -2.33. The zero-order valence-corrected chi connectivity index (χ0v) is 15.0. The lowest BCUT2D eigenvalue weighted by Crippen LogP contribution is -2.29. The molecule has 0 amide bonds. The molecular formula is C23H28N2. The molecule has 0 atom stereocenters. The van der Waals surface area contributed by atoms with Crippen LogP contribution >= 0.6 is 0 Å². The van der Waals surface area contributed by atoms with E-state index in [9.17, 15) is 0 Å². The molecule has 130 valence electrons. The third-order valence-electron chi connectivity index (χ3n) is 5.69. The molecule has 4 rings (SSSR count). The van der Waals surface area contributed by atoms with Gasteiger partial charge >= 0.3 is 0 Å². The molecule has 2 aromatic rings. The summed E-state index contributed by atoms with van der Waals surface area (Å²) in [6, 6.07) is 18.0. The van der Waals surface area contributed by atoms with Gasteiger partial charge in [0, 0.05) is 24.4 Å². The lowest BCUT2D eigenvalue weighted by atomic mass is 9.89. The first kappa shape index (κ1) is 16.4. The monoisotopic (exact) mass is 332 g/mol. The van der Waals surface area contributed by atoms with Gasteiger partial charge in [0.25, 0.3) is 0 Å². The van der Waals surface area contributed by atoms with Crippen molar-refractivity contribution in [3.05, 3.63) is 77.5 Å². The number of rotatable bonds is 4. The number of fused-ring (bicyclic) bond motifs is 1. The molecule has 2 aliphatic rings. The molecule has 2 nitrogen and oxygen atoms in total. The van der Waals surface area contributed by atoms with Gasteiger partial charge in [0.1, 0.15) is 0 Å². The number of benzene rings is 2. The Hall–Kier alpha value is -2.06. The first-order valence-electron chi connectivity index (χ1n) is 9.64. The molecule has 0 aliphatic carbocycles. The van der Waals surface area contributed by atoms with Gasteiger partial charge < -0.3 is 10.2 Å². The zero-order chi connectivity index (χ0) is 17.1. The van der Waals surface area contributed by atoms with E-state index in [1.807, 2.05) is 0 Å². The van der Waals surface area contributed by atoms with Crippen molar-refractivity contribution in [1.82, 2.24) is 5.32 Å². The van der Waals surface area contributed by atoms with Gasteiger partial charge in [-0.2, -0.15) is 0 Å². The maximum absolute atomic E-state index is 4.40. The van der Waals surface area contributed by atoms with E-state index in [1.165, 1.54) is 53.8 Å². The minimum atomic E-state index is 0.729. The molecule has 0 spiro atoms. The van der Waals surface area contributed by atoms with Crippen LogP contribution in [0.25, 0.3) is 0 Å². The second kappa shape index (κ2) is 7.45. The second-order valence-corrected chi connectivity index (χ2v) is 7.39. The van der Waals surface area contributed by atoms with Crippen molar-refractivity contribution < 1.29 is 0 Å². The van der Waals surface area contributed by atoms with Crippen LogP contribution in [0, 0.1) is 0 Å². The SMILES string of the molecule is C=C(Cc1ccc(C2CCNCC2)cc1)N1CCCc2ccccc21. The average Bonchev–Trinajstić information content (AvgIpc) is 2.69. The second-order valence-electron chi connectivity index (χ2n) is 7.39. The first-order chi connectivity index (χ1) is 12.3. The largest absolute Gasteiger partial charge is 0.345 e. The predicted octanol–water partition coefficient (Wildman–Crippen LogP) is 4.66. The van der Waals surface area contributed by atoms with Crippen LogP contribution in [0.5, 0.6) is 0 Å². The van der Waals surface area contributed by atoms with Crippen LogP contribution in [0.4, 0.5) is 5.69 Å². The van der Waals surface area contributed by atoms with Crippen LogP contribution in [0.15, 0.2) is 60.8 Å². The molecule has 1 fully saturated rings. The Kier molecular flexibility index (Phi) is 4.89. The van der Waals surface area contributed by atoms with Crippen LogP contribution in [0.3, 0.4) is 0 Å². The molecule has 1 N–H and O–H groups in total. The van der Waals surface area contributed by atoms with Gasteiger partial charge in [0.05, 0.1) is 0 Å². The molecule has 0 saturated carbocycles. The smallest absolute Gasteiger partial charge is 0.0440 e. The fourth-order valence-corrected chi connectivity index (χ4v) is 4.26. The number of aryl methyl sites for hydroxylation is 1. The summed E-state index contributed by atoms with van der Waals surface area (Å²) in [7, 11) is 0. The Labute approximate surface area is 151 Å². The third kappa shape index (κ3) is 3.64. The summed E-state index contributed by atoms with van der Waals surface area (Å²) >= 11 is 0. The fourth-order valence-electron chi connectivity index (χ4n) is 4.26. The Bertz CT molecular complexity index is 726. The molecule has 2 heteroatoms. The summed E-state index contributed by atoms with van der Waals surface area (Å²) in [6.07, 6.45) is 5.85. The highest BCUT2D eigenvalue weighted by molar-refractivity contribution is 5.59. The summed E-state index contributed by atoms with van der Waals surface area (Å²) in [5, 5.41) is 3.45. The molecule has 2 aliphatic heterocycles. The number of hydrogen-bond acceptors (Lipinski definition) is 2. The minimum absolute atomic E-state index is 0.729. The number of para-hydroxylation sites is 1. The Morgan fingerprint density at radius 3 is 2.60 bits per heavy atom. The molecule has 0 aromatic heterocycles. The highest BCUT2D eigenvalue weighted by Crippen LogP contribution is 2.31. The van der Waals surface area contributed by atoms with Gasteiger partial charge in [-0.05, 0) is 67.4 Å². The van der Waals surface area contributed by atoms with Gasteiger partial charge in [0.2, 0.25) is 0 Å². The standard InChI is InChI=1S/C23H28N2/c1-18(25-16-4-6-22-5-2-3-7-23(22)25)17-19-8-10-20(11-9-19)21-12-14-24-15-13-21/h2-3,5,7-11,21,24H,1,4,6,12-17H2. The van der Waals surface area contributed by atoms with E-state index in [-0.39, 0.29) is 0 Å². The van der Waals surface area contributed by atoms with Crippen molar-refractivity contribution >= 4 is 5.69 Å². The molecule has 25 heavy (non-hydrogen) atoms. The average molecular weight is 332 g/mol. The molecule has 0 radical (unpaired) electrons. The van der Waals surface area contributed by atoms with E-state index in [0.717, 1.165) is 32.0 Å². The lowest BCUT2D eigenvalue weighted by molar-refractivity contribution is 0.460. The van der Waals surface area contributed by atoms with E-state index in [1.54, 1.807) is 0 Å². The van der Waals surface area contributed by atoms with E-state index in [0.29, 0.717) is 0 Å². The third-order valence-corrected chi connectivity index (χ3v) is 5.69. The highest BCUT2D eigenvalue weighted by atomic mass is 15.1. The van der Waals surface area contributed by atoms with Crippen LogP contribution in [0.1, 0.15) is 41.9 Å². The van der Waals surface area contributed by atoms with Crippen LogP contribution in [0.2, 0.25) is 0 Å². The maximum atomic E-state index is 4.40. The van der Waals surface area contributed by atoms with Crippen LogP contribution in [-0.2, 0) is 12.8 Å². The number of piperidine rings is 1. The fraction of sp³-hybridized carbons (Fsp3) is 0.391. The summed E-state index contributed by atoms with van der Waals surface area (Å²) < 4.78 is 0. The van der Waals surface area contributed by atoms with Gasteiger partial charge in [-0.25, -0.2) is 0 Å². The molecule has 2 heterocycles. The van der Waals surface area contributed by atoms with E-state index < -0.39 is 0 Å².